The standard InChI is InChI=1S/C35H47N4O10P/c1-24(33(42)48-34(43)29-19-11-21-36-29)49-50(45,46)30(22-25-12-4-2-5-13-25)39-32(41)28(38-31(40)27-16-10-17-27)18-8-9-20-37-35(44)47-23-26-14-6-3-7-15-26/h2-7,12-15,24,27-30,36H,8-11,16-23H2,1H3,(H,37,44)(H,38,40)(H,39,41)(H,45,46)/t24?,28?,29-,30?/m0/s1. The zero-order valence-electron chi connectivity index (χ0n) is 28.2. The average molecular weight is 715 g/mol. The van der Waals surface area contributed by atoms with Crippen LogP contribution in [-0.2, 0) is 50.8 Å². The zero-order valence-corrected chi connectivity index (χ0v) is 29.1. The van der Waals surface area contributed by atoms with Crippen LogP contribution < -0.4 is 21.3 Å². The third-order valence-electron chi connectivity index (χ3n) is 8.67. The summed E-state index contributed by atoms with van der Waals surface area (Å²) in [6.07, 6.45) is 2.32. The number of hydrogen-bond acceptors (Lipinski definition) is 10. The molecule has 14 nitrogen and oxygen atoms in total. The number of ether oxygens (including phenoxy) is 2. The lowest BCUT2D eigenvalue weighted by molar-refractivity contribution is -0.165. The molecule has 0 radical (unpaired) electrons. The average Bonchev–Trinajstić information content (AvgIpc) is 3.62. The Balaban J connectivity index is 1.37. The van der Waals surface area contributed by atoms with Crippen LogP contribution >= 0.6 is 7.60 Å². The fraction of sp³-hybridized carbons (Fsp3) is 0.514. The van der Waals surface area contributed by atoms with Gasteiger partial charge in [0.15, 0.2) is 6.10 Å². The molecule has 3 amide bonds. The molecule has 4 rings (SSSR count). The van der Waals surface area contributed by atoms with Crippen LogP contribution in [0.15, 0.2) is 60.7 Å². The summed E-state index contributed by atoms with van der Waals surface area (Å²) in [7, 11) is -4.80. The van der Waals surface area contributed by atoms with Gasteiger partial charge in [0.25, 0.3) is 0 Å². The summed E-state index contributed by atoms with van der Waals surface area (Å²) < 4.78 is 29.1. The summed E-state index contributed by atoms with van der Waals surface area (Å²) in [6.45, 7) is 2.19. The maximum atomic E-state index is 13.7. The van der Waals surface area contributed by atoms with Gasteiger partial charge >= 0.3 is 25.6 Å². The van der Waals surface area contributed by atoms with Gasteiger partial charge in [-0.2, -0.15) is 0 Å². The summed E-state index contributed by atoms with van der Waals surface area (Å²) >= 11 is 0. The summed E-state index contributed by atoms with van der Waals surface area (Å²) in [5, 5.41) is 11.0. The van der Waals surface area contributed by atoms with Gasteiger partial charge < -0.3 is 35.6 Å². The van der Waals surface area contributed by atoms with Crippen molar-refractivity contribution in [1.82, 2.24) is 21.3 Å². The lowest BCUT2D eigenvalue weighted by Gasteiger charge is -2.30. The zero-order chi connectivity index (χ0) is 35.9. The Bertz CT molecular complexity index is 1480. The molecule has 2 aromatic rings. The van der Waals surface area contributed by atoms with E-state index in [9.17, 15) is 33.4 Å². The molecule has 5 N–H and O–H groups in total. The van der Waals surface area contributed by atoms with Crippen molar-refractivity contribution in [1.29, 1.82) is 0 Å². The van der Waals surface area contributed by atoms with Crippen LogP contribution in [0.4, 0.5) is 4.79 Å². The van der Waals surface area contributed by atoms with Crippen molar-refractivity contribution in [2.75, 3.05) is 13.1 Å². The minimum atomic E-state index is -4.80. The molecular weight excluding hydrogens is 667 g/mol. The van der Waals surface area contributed by atoms with Crippen molar-refractivity contribution < 1.29 is 47.4 Å². The van der Waals surface area contributed by atoms with Crippen molar-refractivity contribution >= 4 is 37.4 Å². The van der Waals surface area contributed by atoms with E-state index in [1.807, 2.05) is 30.3 Å². The number of carbonyl (C=O) groups is 5. The first-order valence-electron chi connectivity index (χ1n) is 17.1. The van der Waals surface area contributed by atoms with Crippen LogP contribution in [0, 0.1) is 5.92 Å². The smallest absolute Gasteiger partial charge is 0.407 e. The summed E-state index contributed by atoms with van der Waals surface area (Å²) in [4.78, 5) is 74.8. The quantitative estimate of drug-likeness (QED) is 0.0656. The van der Waals surface area contributed by atoms with E-state index in [4.69, 9.17) is 14.0 Å². The fourth-order valence-electron chi connectivity index (χ4n) is 5.50. The predicted octanol–water partition coefficient (Wildman–Crippen LogP) is 3.47. The molecule has 2 fully saturated rings. The molecule has 4 unspecified atom stereocenters. The van der Waals surface area contributed by atoms with Crippen molar-refractivity contribution in [3.63, 3.8) is 0 Å². The molecular formula is C35H47N4O10P. The van der Waals surface area contributed by atoms with Gasteiger partial charge in [0.1, 0.15) is 24.5 Å². The second-order valence-corrected chi connectivity index (χ2v) is 14.6. The first kappa shape index (κ1) is 38.7. The van der Waals surface area contributed by atoms with E-state index in [0.717, 1.165) is 18.4 Å². The SMILES string of the molecule is CC(OP(=O)(O)C(Cc1ccccc1)NC(=O)C(CCCCNC(=O)OCc1ccccc1)NC(=O)C1CCC1)C(=O)OC(=O)[C@@H]1CCCN1. The fourth-order valence-corrected chi connectivity index (χ4v) is 6.92. The number of nitrogens with one attached hydrogen (secondary N) is 4. The summed E-state index contributed by atoms with van der Waals surface area (Å²) in [5.74, 6) is -4.64. The lowest BCUT2D eigenvalue weighted by Crippen LogP contribution is -2.52. The number of rotatable bonds is 18. The molecule has 1 saturated heterocycles. The minimum Gasteiger partial charge on any atom is -0.445 e. The van der Waals surface area contributed by atoms with E-state index < -0.39 is 55.5 Å². The lowest BCUT2D eigenvalue weighted by atomic mass is 9.84. The highest BCUT2D eigenvalue weighted by Gasteiger charge is 2.40. The van der Waals surface area contributed by atoms with Gasteiger partial charge in [0, 0.05) is 18.9 Å². The largest absolute Gasteiger partial charge is 0.445 e. The van der Waals surface area contributed by atoms with E-state index in [1.165, 1.54) is 6.92 Å². The molecule has 5 atom stereocenters. The van der Waals surface area contributed by atoms with Gasteiger partial charge in [0.2, 0.25) is 11.8 Å². The number of amides is 3. The van der Waals surface area contributed by atoms with Gasteiger partial charge in [0.05, 0.1) is 0 Å². The van der Waals surface area contributed by atoms with Gasteiger partial charge in [-0.05, 0) is 69.5 Å². The molecule has 50 heavy (non-hydrogen) atoms. The van der Waals surface area contributed by atoms with Gasteiger partial charge in [-0.25, -0.2) is 14.4 Å². The van der Waals surface area contributed by atoms with E-state index in [2.05, 4.69) is 21.3 Å². The van der Waals surface area contributed by atoms with Crippen LogP contribution in [0.25, 0.3) is 0 Å². The molecule has 1 aliphatic carbocycles. The Morgan fingerprint density at radius 1 is 0.920 bits per heavy atom. The Hall–Kier alpha value is -4.10. The van der Waals surface area contributed by atoms with Gasteiger partial charge in [-0.1, -0.05) is 67.1 Å². The molecule has 0 spiro atoms. The molecule has 272 valence electrons. The summed E-state index contributed by atoms with van der Waals surface area (Å²) in [6, 6.07) is 16.2. The summed E-state index contributed by atoms with van der Waals surface area (Å²) in [5.41, 5.74) is 1.46. The molecule has 15 heteroatoms. The Kier molecular flexibility index (Phi) is 15.0. The molecule has 1 saturated carbocycles. The van der Waals surface area contributed by atoms with Crippen molar-refractivity contribution in [3.05, 3.63) is 71.8 Å². The van der Waals surface area contributed by atoms with E-state index >= 15 is 0 Å². The van der Waals surface area contributed by atoms with Crippen LogP contribution in [-0.4, -0.2) is 71.8 Å². The highest BCUT2D eigenvalue weighted by Crippen LogP contribution is 2.49. The first-order valence-corrected chi connectivity index (χ1v) is 18.8. The molecule has 0 aromatic heterocycles. The maximum absolute atomic E-state index is 13.7. The van der Waals surface area contributed by atoms with E-state index in [0.29, 0.717) is 44.2 Å². The Morgan fingerprint density at radius 2 is 1.60 bits per heavy atom. The Morgan fingerprint density at radius 3 is 2.22 bits per heavy atom. The number of unbranched alkanes of at least 4 members (excludes halogenated alkanes) is 1. The second kappa shape index (κ2) is 19.3. The number of carbonyl (C=O) groups excluding carboxylic acids is 5. The predicted molar refractivity (Wildman–Crippen MR) is 182 cm³/mol. The third kappa shape index (κ3) is 12.3. The van der Waals surface area contributed by atoms with Gasteiger partial charge in [-0.15, -0.1) is 0 Å². The van der Waals surface area contributed by atoms with Gasteiger partial charge in [-0.3, -0.25) is 18.7 Å². The molecule has 1 heterocycles. The molecule has 2 aromatic carbocycles. The number of alkyl carbamates (subject to hydrolysis) is 1. The third-order valence-corrected chi connectivity index (χ3v) is 10.4. The highest BCUT2D eigenvalue weighted by atomic mass is 31.2. The first-order chi connectivity index (χ1) is 24.0. The number of benzene rings is 2. The highest BCUT2D eigenvalue weighted by molar-refractivity contribution is 7.53. The monoisotopic (exact) mass is 714 g/mol. The topological polar surface area (TPSA) is 198 Å². The van der Waals surface area contributed by atoms with E-state index in [-0.39, 0.29) is 37.8 Å². The van der Waals surface area contributed by atoms with Crippen molar-refractivity contribution in [2.45, 2.75) is 95.3 Å². The van der Waals surface area contributed by atoms with Crippen LogP contribution in [0.3, 0.4) is 0 Å². The number of hydrogen-bond donors (Lipinski definition) is 5. The second-order valence-electron chi connectivity index (χ2n) is 12.6. The molecule has 1 aliphatic heterocycles. The Labute approximate surface area is 291 Å². The maximum Gasteiger partial charge on any atom is 0.407 e. The molecule has 2 aliphatic rings. The van der Waals surface area contributed by atoms with Crippen molar-refractivity contribution in [3.8, 4) is 0 Å². The number of esters is 2. The van der Waals surface area contributed by atoms with Crippen LogP contribution in [0.5, 0.6) is 0 Å². The van der Waals surface area contributed by atoms with Crippen LogP contribution in [0.2, 0.25) is 0 Å². The minimum absolute atomic E-state index is 0.126. The van der Waals surface area contributed by atoms with E-state index in [1.54, 1.807) is 30.3 Å². The molecule has 0 bridgehead atoms. The normalized spacial score (nSPS) is 18.7. The van der Waals surface area contributed by atoms with Crippen LogP contribution in [0.1, 0.15) is 69.4 Å². The van der Waals surface area contributed by atoms with Crippen molar-refractivity contribution in [2.24, 2.45) is 5.92 Å².